The van der Waals surface area contributed by atoms with Crippen LogP contribution in [-0.4, -0.2) is 5.11 Å². The van der Waals surface area contributed by atoms with Crippen LogP contribution in [0.3, 0.4) is 0 Å². The zero-order valence-corrected chi connectivity index (χ0v) is 12.0. The molecule has 1 unspecified atom stereocenters. The Bertz CT molecular complexity index is 566. The molecule has 0 saturated heterocycles. The average Bonchev–Trinajstić information content (AvgIpc) is 2.30. The fourth-order valence-corrected chi connectivity index (χ4v) is 2.59. The Hall–Kier alpha value is -0.900. The van der Waals surface area contributed by atoms with Crippen molar-refractivity contribution < 1.29 is 9.50 Å². The summed E-state index contributed by atoms with van der Waals surface area (Å²) < 4.78 is 14.2. The van der Waals surface area contributed by atoms with Gasteiger partial charge in [-0.15, -0.1) is 0 Å². The van der Waals surface area contributed by atoms with Crippen LogP contribution in [0.4, 0.5) is 4.39 Å². The van der Waals surface area contributed by atoms with E-state index in [0.717, 1.165) is 4.47 Å². The first-order valence-electron chi connectivity index (χ1n) is 5.37. The zero-order chi connectivity index (χ0) is 13.3. The largest absolute Gasteiger partial charge is 0.384 e. The van der Waals surface area contributed by atoms with Gasteiger partial charge in [0.2, 0.25) is 0 Å². The van der Waals surface area contributed by atoms with Crippen molar-refractivity contribution in [3.8, 4) is 0 Å². The fourth-order valence-electron chi connectivity index (χ4n) is 1.70. The first-order valence-corrected chi connectivity index (χ1v) is 6.54. The van der Waals surface area contributed by atoms with Crippen LogP contribution < -0.4 is 0 Å². The molecule has 0 fully saturated rings. The molecule has 0 bridgehead atoms. The molecule has 0 amide bonds. The standard InChI is InChI=1S/C14H11BrClFO/c1-8-2-3-9(6-13(8)17)14(18)10-4-11(15)7-12(16)5-10/h2-7,14,18H,1H3. The third kappa shape index (κ3) is 2.91. The number of rotatable bonds is 2. The minimum Gasteiger partial charge on any atom is -0.384 e. The minimum atomic E-state index is -0.893. The van der Waals surface area contributed by atoms with Crippen LogP contribution in [0.1, 0.15) is 22.8 Å². The molecule has 0 radical (unpaired) electrons. The van der Waals surface area contributed by atoms with E-state index in [1.54, 1.807) is 37.3 Å². The number of aliphatic hydroxyl groups is 1. The monoisotopic (exact) mass is 328 g/mol. The second-order valence-electron chi connectivity index (χ2n) is 4.11. The maximum absolute atomic E-state index is 13.5. The maximum atomic E-state index is 13.5. The summed E-state index contributed by atoms with van der Waals surface area (Å²) in [6.07, 6.45) is -0.893. The molecule has 18 heavy (non-hydrogen) atoms. The van der Waals surface area contributed by atoms with Crippen LogP contribution >= 0.6 is 27.5 Å². The van der Waals surface area contributed by atoms with Crippen LogP contribution in [0.5, 0.6) is 0 Å². The van der Waals surface area contributed by atoms with Gasteiger partial charge in [0.1, 0.15) is 11.9 Å². The molecule has 2 aromatic rings. The molecule has 1 atom stereocenters. The van der Waals surface area contributed by atoms with Crippen molar-refractivity contribution in [2.75, 3.05) is 0 Å². The predicted molar refractivity (Wildman–Crippen MR) is 74.4 cm³/mol. The molecule has 0 aliphatic rings. The number of aliphatic hydroxyl groups excluding tert-OH is 1. The summed E-state index contributed by atoms with van der Waals surface area (Å²) in [5.41, 5.74) is 1.68. The lowest BCUT2D eigenvalue weighted by Crippen LogP contribution is -2.01. The van der Waals surface area contributed by atoms with E-state index in [2.05, 4.69) is 15.9 Å². The molecule has 0 heterocycles. The second-order valence-corrected chi connectivity index (χ2v) is 5.47. The molecule has 0 aromatic heterocycles. The Morgan fingerprint density at radius 3 is 2.50 bits per heavy atom. The van der Waals surface area contributed by atoms with Gasteiger partial charge < -0.3 is 5.11 Å². The van der Waals surface area contributed by atoms with Gasteiger partial charge in [0.25, 0.3) is 0 Å². The van der Waals surface area contributed by atoms with Crippen molar-refractivity contribution in [3.63, 3.8) is 0 Å². The first kappa shape index (κ1) is 13.5. The van der Waals surface area contributed by atoms with Crippen molar-refractivity contribution in [2.24, 2.45) is 0 Å². The van der Waals surface area contributed by atoms with Gasteiger partial charge in [-0.25, -0.2) is 4.39 Å². The van der Waals surface area contributed by atoms with Gasteiger partial charge in [0.05, 0.1) is 0 Å². The van der Waals surface area contributed by atoms with E-state index in [1.165, 1.54) is 6.07 Å². The van der Waals surface area contributed by atoms with Crippen LogP contribution in [0.15, 0.2) is 40.9 Å². The lowest BCUT2D eigenvalue weighted by molar-refractivity contribution is 0.219. The number of halogens is 3. The quantitative estimate of drug-likeness (QED) is 0.851. The molecule has 1 N–H and O–H groups in total. The fraction of sp³-hybridized carbons (Fsp3) is 0.143. The van der Waals surface area contributed by atoms with Gasteiger partial charge in [0.15, 0.2) is 0 Å². The highest BCUT2D eigenvalue weighted by Crippen LogP contribution is 2.28. The number of hydrogen-bond donors (Lipinski definition) is 1. The summed E-state index contributed by atoms with van der Waals surface area (Å²) in [7, 11) is 0. The van der Waals surface area contributed by atoms with Gasteiger partial charge in [-0.1, -0.05) is 39.7 Å². The lowest BCUT2D eigenvalue weighted by Gasteiger charge is -2.13. The Morgan fingerprint density at radius 2 is 1.89 bits per heavy atom. The van der Waals surface area contributed by atoms with E-state index in [-0.39, 0.29) is 5.82 Å². The lowest BCUT2D eigenvalue weighted by atomic mass is 10.0. The number of benzene rings is 2. The van der Waals surface area contributed by atoms with E-state index in [1.807, 2.05) is 0 Å². The van der Waals surface area contributed by atoms with E-state index >= 15 is 0 Å². The Morgan fingerprint density at radius 1 is 1.17 bits per heavy atom. The smallest absolute Gasteiger partial charge is 0.126 e. The zero-order valence-electron chi connectivity index (χ0n) is 9.62. The molecule has 4 heteroatoms. The molecule has 2 rings (SSSR count). The first-order chi connectivity index (χ1) is 8.47. The Labute approximate surface area is 118 Å². The molecule has 0 aliphatic heterocycles. The summed E-state index contributed by atoms with van der Waals surface area (Å²) in [6, 6.07) is 9.84. The van der Waals surface area contributed by atoms with Gasteiger partial charge in [0, 0.05) is 9.50 Å². The van der Waals surface area contributed by atoms with Gasteiger partial charge in [-0.2, -0.15) is 0 Å². The molecular formula is C14H11BrClFO. The second kappa shape index (κ2) is 5.39. The molecule has 2 aromatic carbocycles. The van der Waals surface area contributed by atoms with E-state index in [4.69, 9.17) is 11.6 Å². The van der Waals surface area contributed by atoms with E-state index in [0.29, 0.717) is 21.7 Å². The van der Waals surface area contributed by atoms with Crippen LogP contribution in [-0.2, 0) is 0 Å². The van der Waals surface area contributed by atoms with Gasteiger partial charge in [-0.05, 0) is 47.9 Å². The van der Waals surface area contributed by atoms with Crippen molar-refractivity contribution in [1.82, 2.24) is 0 Å². The minimum absolute atomic E-state index is 0.326. The summed E-state index contributed by atoms with van der Waals surface area (Å²) in [4.78, 5) is 0. The van der Waals surface area contributed by atoms with Crippen LogP contribution in [0, 0.1) is 12.7 Å². The summed E-state index contributed by atoms with van der Waals surface area (Å²) in [5, 5.41) is 10.7. The third-order valence-corrected chi connectivity index (χ3v) is 3.39. The molecule has 0 spiro atoms. The maximum Gasteiger partial charge on any atom is 0.126 e. The predicted octanol–water partition coefficient (Wildman–Crippen LogP) is 4.63. The topological polar surface area (TPSA) is 20.2 Å². The van der Waals surface area contributed by atoms with Gasteiger partial charge >= 0.3 is 0 Å². The Kier molecular flexibility index (Phi) is 4.05. The van der Waals surface area contributed by atoms with Crippen LogP contribution in [0.2, 0.25) is 5.02 Å². The molecule has 94 valence electrons. The SMILES string of the molecule is Cc1ccc(C(O)c2cc(Cl)cc(Br)c2)cc1F. The van der Waals surface area contributed by atoms with E-state index in [9.17, 15) is 9.50 Å². The molecule has 1 nitrogen and oxygen atoms in total. The van der Waals surface area contributed by atoms with Gasteiger partial charge in [-0.3, -0.25) is 0 Å². The van der Waals surface area contributed by atoms with Crippen LogP contribution in [0.25, 0.3) is 0 Å². The molecule has 0 aliphatic carbocycles. The number of aryl methyl sites for hydroxylation is 1. The summed E-state index contributed by atoms with van der Waals surface area (Å²) in [6.45, 7) is 1.68. The number of hydrogen-bond acceptors (Lipinski definition) is 1. The van der Waals surface area contributed by atoms with Crippen molar-refractivity contribution in [3.05, 3.63) is 68.4 Å². The van der Waals surface area contributed by atoms with Crippen molar-refractivity contribution >= 4 is 27.5 Å². The van der Waals surface area contributed by atoms with E-state index < -0.39 is 6.10 Å². The highest BCUT2D eigenvalue weighted by Gasteiger charge is 2.13. The van der Waals surface area contributed by atoms with Crippen molar-refractivity contribution in [2.45, 2.75) is 13.0 Å². The highest BCUT2D eigenvalue weighted by atomic mass is 79.9. The molecular weight excluding hydrogens is 319 g/mol. The average molecular weight is 330 g/mol. The summed E-state index contributed by atoms with van der Waals surface area (Å²) in [5.74, 6) is -0.326. The molecule has 0 saturated carbocycles. The normalized spacial score (nSPS) is 12.5. The summed E-state index contributed by atoms with van der Waals surface area (Å²) >= 11 is 9.23. The Balaban J connectivity index is 2.40. The third-order valence-electron chi connectivity index (χ3n) is 2.71. The van der Waals surface area contributed by atoms with Crippen molar-refractivity contribution in [1.29, 1.82) is 0 Å². The highest BCUT2D eigenvalue weighted by molar-refractivity contribution is 9.10.